The summed E-state index contributed by atoms with van der Waals surface area (Å²) in [5.41, 5.74) is 5.40. The largest absolute Gasteiger partial charge is 0.330 e. The van der Waals surface area contributed by atoms with Crippen molar-refractivity contribution in [2.75, 3.05) is 6.54 Å². The summed E-state index contributed by atoms with van der Waals surface area (Å²) in [5.74, 6) is -0.350. The van der Waals surface area contributed by atoms with Crippen LogP contribution in [0.15, 0.2) is 0 Å². The zero-order valence-corrected chi connectivity index (χ0v) is 6.60. The van der Waals surface area contributed by atoms with Gasteiger partial charge in [-0.2, -0.15) is 0 Å². The van der Waals surface area contributed by atoms with Crippen molar-refractivity contribution in [3.8, 4) is 0 Å². The zero-order chi connectivity index (χ0) is 8.27. The minimum atomic E-state index is -2.16. The maximum atomic E-state index is 12.3. The first kappa shape index (κ1) is 8.91. The molecule has 3 heteroatoms. The number of hydrogen-bond acceptors (Lipinski definition) is 1. The van der Waals surface area contributed by atoms with E-state index in [0.29, 0.717) is 13.0 Å². The first-order chi connectivity index (χ1) is 5.25. The van der Waals surface area contributed by atoms with Gasteiger partial charge in [0.15, 0.2) is 0 Å². The Morgan fingerprint density at radius 1 is 1.27 bits per heavy atom. The molecular formula is C8H15F2N. The van der Waals surface area contributed by atoms with Crippen molar-refractivity contribution in [3.05, 3.63) is 0 Å². The highest BCUT2D eigenvalue weighted by molar-refractivity contribution is 4.77. The third-order valence-electron chi connectivity index (χ3n) is 2.59. The van der Waals surface area contributed by atoms with Gasteiger partial charge in [-0.1, -0.05) is 12.8 Å². The molecule has 0 aromatic heterocycles. The summed E-state index contributed by atoms with van der Waals surface area (Å²) < 4.78 is 24.6. The SMILES string of the molecule is NCC1CCCCC1C(F)F. The van der Waals surface area contributed by atoms with E-state index in [9.17, 15) is 8.78 Å². The van der Waals surface area contributed by atoms with Crippen molar-refractivity contribution >= 4 is 0 Å². The molecule has 2 N–H and O–H groups in total. The molecule has 1 nitrogen and oxygen atoms in total. The molecule has 66 valence electrons. The van der Waals surface area contributed by atoms with Crippen LogP contribution in [0.1, 0.15) is 25.7 Å². The van der Waals surface area contributed by atoms with Crippen LogP contribution in [0.5, 0.6) is 0 Å². The number of hydrogen-bond donors (Lipinski definition) is 1. The van der Waals surface area contributed by atoms with Crippen LogP contribution in [0, 0.1) is 11.8 Å². The summed E-state index contributed by atoms with van der Waals surface area (Å²) in [6, 6.07) is 0. The Hall–Kier alpha value is -0.180. The third kappa shape index (κ3) is 2.12. The van der Waals surface area contributed by atoms with E-state index in [1.807, 2.05) is 0 Å². The summed E-state index contributed by atoms with van der Waals surface area (Å²) in [5, 5.41) is 0. The lowest BCUT2D eigenvalue weighted by molar-refractivity contribution is 0.0240. The lowest BCUT2D eigenvalue weighted by Crippen LogP contribution is -2.31. The van der Waals surface area contributed by atoms with E-state index in [2.05, 4.69) is 0 Å². The number of alkyl halides is 2. The molecule has 1 rings (SSSR count). The van der Waals surface area contributed by atoms with Gasteiger partial charge in [0.2, 0.25) is 6.43 Å². The Morgan fingerprint density at radius 3 is 2.36 bits per heavy atom. The van der Waals surface area contributed by atoms with E-state index >= 15 is 0 Å². The maximum absolute atomic E-state index is 12.3. The molecule has 1 saturated carbocycles. The predicted molar refractivity (Wildman–Crippen MR) is 40.5 cm³/mol. The van der Waals surface area contributed by atoms with Gasteiger partial charge in [-0.05, 0) is 25.3 Å². The highest BCUT2D eigenvalue weighted by Gasteiger charge is 2.30. The molecule has 0 aliphatic heterocycles. The van der Waals surface area contributed by atoms with Gasteiger partial charge < -0.3 is 5.73 Å². The fraction of sp³-hybridized carbons (Fsp3) is 1.00. The standard InChI is InChI=1S/C8H15F2N/c9-8(10)7-4-2-1-3-6(7)5-11/h6-8H,1-5,11H2. The second-order valence-corrected chi connectivity index (χ2v) is 3.28. The fourth-order valence-electron chi connectivity index (χ4n) is 1.86. The minimum absolute atomic E-state index is 0.0729. The average molecular weight is 163 g/mol. The Morgan fingerprint density at radius 2 is 1.91 bits per heavy atom. The summed E-state index contributed by atoms with van der Waals surface area (Å²) in [6.45, 7) is 0.426. The van der Waals surface area contributed by atoms with Gasteiger partial charge in [-0.25, -0.2) is 8.78 Å². The second-order valence-electron chi connectivity index (χ2n) is 3.28. The van der Waals surface area contributed by atoms with Crippen molar-refractivity contribution in [3.63, 3.8) is 0 Å². The highest BCUT2D eigenvalue weighted by atomic mass is 19.3. The maximum Gasteiger partial charge on any atom is 0.241 e. The van der Waals surface area contributed by atoms with Crippen LogP contribution in [-0.4, -0.2) is 13.0 Å². The average Bonchev–Trinajstić information content (AvgIpc) is 2.04. The smallest absolute Gasteiger partial charge is 0.241 e. The monoisotopic (exact) mass is 163 g/mol. The number of halogens is 2. The van der Waals surface area contributed by atoms with Crippen molar-refractivity contribution in [1.29, 1.82) is 0 Å². The van der Waals surface area contributed by atoms with Crippen LogP contribution >= 0.6 is 0 Å². The predicted octanol–water partition coefficient (Wildman–Crippen LogP) is 2.02. The van der Waals surface area contributed by atoms with Gasteiger partial charge in [-0.3, -0.25) is 0 Å². The van der Waals surface area contributed by atoms with Gasteiger partial charge >= 0.3 is 0 Å². The summed E-state index contributed by atoms with van der Waals surface area (Å²) >= 11 is 0. The Labute approximate surface area is 66.0 Å². The quantitative estimate of drug-likeness (QED) is 0.662. The van der Waals surface area contributed by atoms with Gasteiger partial charge in [-0.15, -0.1) is 0 Å². The first-order valence-corrected chi connectivity index (χ1v) is 4.24. The van der Waals surface area contributed by atoms with Crippen LogP contribution in [0.2, 0.25) is 0 Å². The summed E-state index contributed by atoms with van der Waals surface area (Å²) in [4.78, 5) is 0. The van der Waals surface area contributed by atoms with Crippen LogP contribution in [0.4, 0.5) is 8.78 Å². The Balaban J connectivity index is 2.44. The van der Waals surface area contributed by atoms with E-state index in [1.54, 1.807) is 0 Å². The molecule has 0 spiro atoms. The topological polar surface area (TPSA) is 26.0 Å². The van der Waals surface area contributed by atoms with Gasteiger partial charge in [0.25, 0.3) is 0 Å². The molecule has 0 aromatic carbocycles. The van der Waals surface area contributed by atoms with Crippen LogP contribution in [0.3, 0.4) is 0 Å². The van der Waals surface area contributed by atoms with E-state index < -0.39 is 12.3 Å². The molecule has 0 radical (unpaired) electrons. The van der Waals surface area contributed by atoms with Gasteiger partial charge in [0, 0.05) is 5.92 Å². The fourth-order valence-corrected chi connectivity index (χ4v) is 1.86. The summed E-state index contributed by atoms with van der Waals surface area (Å²) in [6.07, 6.45) is 1.42. The Bertz CT molecular complexity index is 117. The summed E-state index contributed by atoms with van der Waals surface area (Å²) in [7, 11) is 0. The normalized spacial score (nSPS) is 32.7. The number of nitrogens with two attached hydrogens (primary N) is 1. The molecule has 1 fully saturated rings. The molecule has 0 saturated heterocycles. The van der Waals surface area contributed by atoms with E-state index in [0.717, 1.165) is 19.3 Å². The minimum Gasteiger partial charge on any atom is -0.330 e. The highest BCUT2D eigenvalue weighted by Crippen LogP contribution is 2.33. The van der Waals surface area contributed by atoms with Crippen molar-refractivity contribution in [2.24, 2.45) is 17.6 Å². The van der Waals surface area contributed by atoms with E-state index in [4.69, 9.17) is 5.73 Å². The molecule has 1 aliphatic rings. The molecular weight excluding hydrogens is 148 g/mol. The van der Waals surface area contributed by atoms with Crippen molar-refractivity contribution < 1.29 is 8.78 Å². The van der Waals surface area contributed by atoms with Crippen LogP contribution in [0.25, 0.3) is 0 Å². The molecule has 11 heavy (non-hydrogen) atoms. The molecule has 0 heterocycles. The molecule has 0 aromatic rings. The molecule has 0 amide bonds. The number of rotatable bonds is 2. The lowest BCUT2D eigenvalue weighted by Gasteiger charge is -2.29. The molecule has 0 bridgehead atoms. The Kier molecular flexibility index (Phi) is 3.24. The van der Waals surface area contributed by atoms with E-state index in [-0.39, 0.29) is 5.92 Å². The van der Waals surface area contributed by atoms with Gasteiger partial charge in [0.05, 0.1) is 0 Å². The van der Waals surface area contributed by atoms with Gasteiger partial charge in [0.1, 0.15) is 0 Å². The third-order valence-corrected chi connectivity index (χ3v) is 2.59. The molecule has 2 atom stereocenters. The van der Waals surface area contributed by atoms with Crippen LogP contribution in [-0.2, 0) is 0 Å². The van der Waals surface area contributed by atoms with E-state index in [1.165, 1.54) is 0 Å². The first-order valence-electron chi connectivity index (χ1n) is 4.24. The lowest BCUT2D eigenvalue weighted by atomic mass is 9.79. The zero-order valence-electron chi connectivity index (χ0n) is 6.60. The molecule has 1 aliphatic carbocycles. The second kappa shape index (κ2) is 4.00. The van der Waals surface area contributed by atoms with Crippen LogP contribution < -0.4 is 5.73 Å². The van der Waals surface area contributed by atoms with Crippen molar-refractivity contribution in [1.82, 2.24) is 0 Å². The van der Waals surface area contributed by atoms with Crippen molar-refractivity contribution in [2.45, 2.75) is 32.1 Å². The molecule has 2 unspecified atom stereocenters.